The van der Waals surface area contributed by atoms with Gasteiger partial charge in [-0.2, -0.15) is 0 Å². The second-order valence-electron chi connectivity index (χ2n) is 10.6. The fourth-order valence-electron chi connectivity index (χ4n) is 6.11. The van der Waals surface area contributed by atoms with E-state index in [1.54, 1.807) is 17.6 Å². The fraction of sp³-hybridized carbons (Fsp3) is 0.464. The number of piperazine rings is 1. The van der Waals surface area contributed by atoms with Crippen molar-refractivity contribution >= 4 is 16.9 Å². The van der Waals surface area contributed by atoms with Crippen LogP contribution in [-0.4, -0.2) is 76.9 Å². The van der Waals surface area contributed by atoms with Gasteiger partial charge in [-0.1, -0.05) is 6.92 Å². The van der Waals surface area contributed by atoms with E-state index in [2.05, 4.69) is 16.8 Å². The number of pyridine rings is 2. The summed E-state index contributed by atoms with van der Waals surface area (Å²) in [6.45, 7) is 7.52. The van der Waals surface area contributed by atoms with E-state index in [1.807, 2.05) is 12.1 Å². The molecule has 0 saturated carbocycles. The molecule has 0 aliphatic carbocycles. The Morgan fingerprint density at radius 3 is 2.47 bits per heavy atom. The molecule has 1 N–H and O–H groups in total. The van der Waals surface area contributed by atoms with Crippen LogP contribution in [-0.2, 0) is 34.8 Å². The van der Waals surface area contributed by atoms with E-state index in [1.165, 1.54) is 0 Å². The van der Waals surface area contributed by atoms with Crippen molar-refractivity contribution in [1.29, 1.82) is 0 Å². The summed E-state index contributed by atoms with van der Waals surface area (Å²) in [6.07, 6.45) is 0.109. The Morgan fingerprint density at radius 1 is 1.00 bits per heavy atom. The Kier molecular flexibility index (Phi) is 5.30. The number of hydrogen-bond acceptors (Lipinski definition) is 9. The van der Waals surface area contributed by atoms with Gasteiger partial charge in [-0.3, -0.25) is 9.69 Å². The molecule has 10 heteroatoms. The number of fused-ring (bicyclic) bond motifs is 6. The molecule has 38 heavy (non-hydrogen) atoms. The van der Waals surface area contributed by atoms with Gasteiger partial charge in [-0.15, -0.1) is 0 Å². The highest BCUT2D eigenvalue weighted by Crippen LogP contribution is 2.43. The number of aliphatic hydroxyl groups is 1. The van der Waals surface area contributed by atoms with Crippen molar-refractivity contribution < 1.29 is 24.1 Å². The zero-order valence-electron chi connectivity index (χ0n) is 21.6. The van der Waals surface area contributed by atoms with Gasteiger partial charge >= 0.3 is 5.97 Å². The van der Waals surface area contributed by atoms with Gasteiger partial charge in [-0.25, -0.2) is 9.78 Å². The molecular weight excluding hydrogens is 488 g/mol. The van der Waals surface area contributed by atoms with Crippen LogP contribution in [0.2, 0.25) is 0 Å². The van der Waals surface area contributed by atoms with E-state index < -0.39 is 11.6 Å². The molecule has 0 bridgehead atoms. The Hall–Kier alpha value is -3.47. The first-order valence-electron chi connectivity index (χ1n) is 13.2. The second-order valence-corrected chi connectivity index (χ2v) is 10.6. The summed E-state index contributed by atoms with van der Waals surface area (Å²) in [6, 6.07) is 5.70. The van der Waals surface area contributed by atoms with Crippen LogP contribution in [0.25, 0.3) is 22.3 Å². The number of benzene rings is 1. The molecule has 3 aromatic rings. The Bertz CT molecular complexity index is 1560. The van der Waals surface area contributed by atoms with E-state index in [9.17, 15) is 14.7 Å². The second kappa shape index (κ2) is 8.52. The third-order valence-corrected chi connectivity index (χ3v) is 8.45. The molecule has 1 atom stereocenters. The van der Waals surface area contributed by atoms with Gasteiger partial charge in [0.25, 0.3) is 5.56 Å². The lowest BCUT2D eigenvalue weighted by atomic mass is 9.86. The van der Waals surface area contributed by atoms with Gasteiger partial charge in [0.1, 0.15) is 19.8 Å². The molecule has 0 unspecified atom stereocenters. The number of hydrogen-bond donors (Lipinski definition) is 1. The molecule has 6 heterocycles. The smallest absolute Gasteiger partial charge is 0.343 e. The number of aromatic nitrogens is 2. The maximum atomic E-state index is 13.7. The topological polar surface area (TPSA) is 106 Å². The summed E-state index contributed by atoms with van der Waals surface area (Å²) in [5.74, 6) is 0.642. The zero-order chi connectivity index (χ0) is 26.2. The normalized spacial score (nSPS) is 22.7. The van der Waals surface area contributed by atoms with Crippen molar-refractivity contribution in [3.8, 4) is 22.9 Å². The lowest BCUT2D eigenvalue weighted by molar-refractivity contribution is -0.172. The van der Waals surface area contributed by atoms with Gasteiger partial charge in [0.05, 0.1) is 29.0 Å². The summed E-state index contributed by atoms with van der Waals surface area (Å²) in [5, 5.41) is 12.2. The number of rotatable bonds is 3. The minimum absolute atomic E-state index is 0.109. The zero-order valence-corrected chi connectivity index (χ0v) is 21.6. The summed E-state index contributed by atoms with van der Waals surface area (Å²) in [4.78, 5) is 36.0. The standard InChI is InChI=1S/C28H30N4O6/c1-3-28(35)20-11-22-25-18(14-32(22)26(33)19(20)15-38-27(28)34)17(13-31-6-4-30(2)5-7-31)16-10-23-24(12-21(16)29-25)37-9-8-36-23/h10-12,35H,3-9,13-15H2,1-2H3/t28-/m1/s1. The highest BCUT2D eigenvalue weighted by molar-refractivity contribution is 5.91. The number of likely N-dealkylation sites (N-methyl/N-ethyl adjacent to an activating group) is 1. The van der Waals surface area contributed by atoms with Crippen LogP contribution < -0.4 is 15.0 Å². The number of ether oxygens (including phenoxy) is 3. The van der Waals surface area contributed by atoms with Crippen molar-refractivity contribution in [2.45, 2.75) is 38.6 Å². The van der Waals surface area contributed by atoms with Crippen LogP contribution in [0.5, 0.6) is 11.5 Å². The van der Waals surface area contributed by atoms with Gasteiger partial charge in [0.15, 0.2) is 17.1 Å². The number of carbonyl (C=O) groups is 1. The van der Waals surface area contributed by atoms with Crippen molar-refractivity contribution in [2.75, 3.05) is 46.4 Å². The molecule has 198 valence electrons. The Balaban J connectivity index is 1.44. The van der Waals surface area contributed by atoms with Crippen LogP contribution >= 0.6 is 0 Å². The maximum Gasteiger partial charge on any atom is 0.343 e. The molecule has 1 saturated heterocycles. The van der Waals surface area contributed by atoms with E-state index in [0.717, 1.165) is 54.8 Å². The summed E-state index contributed by atoms with van der Waals surface area (Å²) in [7, 11) is 2.14. The van der Waals surface area contributed by atoms with E-state index in [4.69, 9.17) is 19.2 Å². The number of esters is 1. The largest absolute Gasteiger partial charge is 0.486 e. The molecule has 10 nitrogen and oxygen atoms in total. The minimum Gasteiger partial charge on any atom is -0.486 e. The third kappa shape index (κ3) is 3.40. The summed E-state index contributed by atoms with van der Waals surface area (Å²) < 4.78 is 18.7. The molecule has 4 aliphatic heterocycles. The van der Waals surface area contributed by atoms with Gasteiger partial charge in [0.2, 0.25) is 0 Å². The van der Waals surface area contributed by atoms with Crippen LogP contribution in [0.1, 0.15) is 35.6 Å². The van der Waals surface area contributed by atoms with Gasteiger partial charge in [0, 0.05) is 55.3 Å². The van der Waals surface area contributed by atoms with Gasteiger partial charge < -0.3 is 28.8 Å². The maximum absolute atomic E-state index is 13.7. The van der Waals surface area contributed by atoms with Crippen molar-refractivity contribution in [3.63, 3.8) is 0 Å². The number of cyclic esters (lactones) is 1. The highest BCUT2D eigenvalue weighted by atomic mass is 16.6. The average molecular weight is 519 g/mol. The predicted molar refractivity (Wildman–Crippen MR) is 138 cm³/mol. The monoisotopic (exact) mass is 518 g/mol. The van der Waals surface area contributed by atoms with Crippen LogP contribution in [0.3, 0.4) is 0 Å². The van der Waals surface area contributed by atoms with E-state index in [-0.39, 0.29) is 18.6 Å². The van der Waals surface area contributed by atoms with Crippen molar-refractivity contribution in [1.82, 2.24) is 19.4 Å². The SMILES string of the molecule is CC[C@]1(O)C(=O)OCc2c1cc1n(c2=O)Cc2c-1nc1cc3c(cc1c2CN1CCN(C)CC1)OCCO3. The average Bonchev–Trinajstić information content (AvgIpc) is 3.30. The molecule has 1 aromatic carbocycles. The fourth-order valence-corrected chi connectivity index (χ4v) is 6.11. The van der Waals surface area contributed by atoms with Gasteiger partial charge in [-0.05, 0) is 31.2 Å². The molecule has 0 spiro atoms. The molecule has 1 fully saturated rings. The molecule has 4 aliphatic rings. The predicted octanol–water partition coefficient (Wildman–Crippen LogP) is 1.60. The number of nitrogens with zero attached hydrogens (tertiary/aromatic N) is 4. The molecule has 0 radical (unpaired) electrons. The first-order valence-corrected chi connectivity index (χ1v) is 13.2. The first-order chi connectivity index (χ1) is 18.4. The van der Waals surface area contributed by atoms with Crippen molar-refractivity contribution in [3.05, 3.63) is 50.8 Å². The minimum atomic E-state index is -1.85. The third-order valence-electron chi connectivity index (χ3n) is 8.45. The van der Waals surface area contributed by atoms with E-state index in [0.29, 0.717) is 53.8 Å². The molecule has 7 rings (SSSR count). The van der Waals surface area contributed by atoms with Crippen LogP contribution in [0.15, 0.2) is 23.0 Å². The molecule has 2 aromatic heterocycles. The lowest BCUT2D eigenvalue weighted by Gasteiger charge is -2.33. The van der Waals surface area contributed by atoms with Crippen molar-refractivity contribution in [2.24, 2.45) is 0 Å². The Morgan fingerprint density at radius 2 is 1.74 bits per heavy atom. The Labute approximate surface area is 219 Å². The highest BCUT2D eigenvalue weighted by Gasteiger charge is 2.45. The molecule has 0 amide bonds. The summed E-state index contributed by atoms with van der Waals surface area (Å²) >= 11 is 0. The van der Waals surface area contributed by atoms with E-state index >= 15 is 0 Å². The van der Waals surface area contributed by atoms with Crippen LogP contribution in [0, 0.1) is 0 Å². The lowest BCUT2D eigenvalue weighted by Crippen LogP contribution is -2.44. The van der Waals surface area contributed by atoms with Crippen LogP contribution in [0.4, 0.5) is 0 Å². The quantitative estimate of drug-likeness (QED) is 0.405. The first kappa shape index (κ1) is 23.6. The number of carbonyl (C=O) groups excluding carboxylic acids is 1. The summed E-state index contributed by atoms with van der Waals surface area (Å²) in [5.41, 5.74) is 2.73. The molecular formula is C28H30N4O6.